The number of carboxylic acids is 1. The van der Waals surface area contributed by atoms with Crippen LogP contribution in [-0.4, -0.2) is 23.5 Å². The molecule has 1 aliphatic carbocycles. The number of nitrogens with one attached hydrogen (secondary N) is 1. The van der Waals surface area contributed by atoms with E-state index >= 15 is 0 Å². The van der Waals surface area contributed by atoms with E-state index in [1.165, 1.54) is 0 Å². The van der Waals surface area contributed by atoms with E-state index in [2.05, 4.69) is 5.32 Å². The number of hydrogen-bond acceptors (Lipinski definition) is 2. The highest BCUT2D eigenvalue weighted by atomic mass is 35.5. The molecular weight excluding hydrogens is 278 g/mol. The Morgan fingerprint density at radius 3 is 2.65 bits per heavy atom. The largest absolute Gasteiger partial charge is 0.481 e. The maximum atomic E-state index is 12.3. The highest BCUT2D eigenvalue weighted by molar-refractivity contribution is 6.30. The number of aliphatic carboxylic acids is 1. The topological polar surface area (TPSA) is 66.4 Å². The molecule has 0 bridgehead atoms. The van der Waals surface area contributed by atoms with E-state index in [0.717, 1.165) is 18.4 Å². The van der Waals surface area contributed by atoms with Crippen LogP contribution in [0.5, 0.6) is 0 Å². The van der Waals surface area contributed by atoms with Gasteiger partial charge in [0.1, 0.15) is 0 Å². The number of carbonyl (C=O) groups is 2. The summed E-state index contributed by atoms with van der Waals surface area (Å²) in [5.74, 6) is -0.774. The molecule has 1 amide bonds. The number of benzene rings is 1. The van der Waals surface area contributed by atoms with Crippen LogP contribution in [0.3, 0.4) is 0 Å². The second-order valence-corrected chi connectivity index (χ2v) is 5.64. The van der Waals surface area contributed by atoms with Crippen LogP contribution in [0.4, 0.5) is 0 Å². The highest BCUT2D eigenvalue weighted by Gasteiger charge is 2.51. The van der Waals surface area contributed by atoms with Crippen molar-refractivity contribution >= 4 is 23.5 Å². The van der Waals surface area contributed by atoms with Gasteiger partial charge in [0.15, 0.2) is 0 Å². The van der Waals surface area contributed by atoms with Gasteiger partial charge in [-0.15, -0.1) is 0 Å². The van der Waals surface area contributed by atoms with Crippen LogP contribution in [0, 0.1) is 0 Å². The van der Waals surface area contributed by atoms with Gasteiger partial charge in [0.2, 0.25) is 5.91 Å². The molecule has 0 saturated heterocycles. The number of carbonyl (C=O) groups excluding carboxylic acids is 1. The number of unbranched alkanes of at least 4 members (excludes halogenated alkanes) is 1. The first-order valence-corrected chi connectivity index (χ1v) is 7.18. The zero-order valence-electron chi connectivity index (χ0n) is 11.2. The maximum absolute atomic E-state index is 12.3. The number of carboxylic acid groups (broad SMARTS) is 1. The van der Waals surface area contributed by atoms with Gasteiger partial charge >= 0.3 is 5.97 Å². The third-order valence-electron chi connectivity index (χ3n) is 3.66. The molecule has 4 nitrogen and oxygen atoms in total. The van der Waals surface area contributed by atoms with Crippen molar-refractivity contribution in [1.29, 1.82) is 0 Å². The van der Waals surface area contributed by atoms with Crippen LogP contribution in [-0.2, 0) is 15.0 Å². The van der Waals surface area contributed by atoms with Gasteiger partial charge in [0, 0.05) is 18.0 Å². The molecule has 2 N–H and O–H groups in total. The quantitative estimate of drug-likeness (QED) is 0.760. The molecule has 5 heteroatoms. The summed E-state index contributed by atoms with van der Waals surface area (Å²) < 4.78 is 0. The molecule has 108 valence electrons. The van der Waals surface area contributed by atoms with Crippen molar-refractivity contribution in [3.63, 3.8) is 0 Å². The van der Waals surface area contributed by atoms with Crippen LogP contribution in [0.2, 0.25) is 5.02 Å². The van der Waals surface area contributed by atoms with E-state index in [-0.39, 0.29) is 12.3 Å². The van der Waals surface area contributed by atoms with E-state index in [0.29, 0.717) is 24.4 Å². The van der Waals surface area contributed by atoms with Crippen LogP contribution in [0.1, 0.15) is 37.7 Å². The molecule has 0 aromatic heterocycles. The lowest BCUT2D eigenvalue weighted by molar-refractivity contribution is -0.137. The molecule has 0 atom stereocenters. The Morgan fingerprint density at radius 2 is 2.05 bits per heavy atom. The van der Waals surface area contributed by atoms with E-state index in [1.54, 1.807) is 6.07 Å². The van der Waals surface area contributed by atoms with Crippen molar-refractivity contribution in [3.8, 4) is 0 Å². The lowest BCUT2D eigenvalue weighted by Gasteiger charge is -2.16. The van der Waals surface area contributed by atoms with Crippen LogP contribution in [0.25, 0.3) is 0 Å². The van der Waals surface area contributed by atoms with Gasteiger partial charge in [-0.3, -0.25) is 9.59 Å². The second-order valence-electron chi connectivity index (χ2n) is 5.20. The van der Waals surface area contributed by atoms with Crippen LogP contribution < -0.4 is 5.32 Å². The number of rotatable bonds is 7. The summed E-state index contributed by atoms with van der Waals surface area (Å²) in [6.45, 7) is 0.522. The van der Waals surface area contributed by atoms with Crippen molar-refractivity contribution < 1.29 is 14.7 Å². The molecular formula is C15H18ClNO3. The van der Waals surface area contributed by atoms with Gasteiger partial charge in [0.05, 0.1) is 5.41 Å². The summed E-state index contributed by atoms with van der Waals surface area (Å²) in [6, 6.07) is 7.43. The van der Waals surface area contributed by atoms with Gasteiger partial charge in [-0.25, -0.2) is 0 Å². The first-order chi connectivity index (χ1) is 9.54. The fourth-order valence-corrected chi connectivity index (χ4v) is 2.52. The van der Waals surface area contributed by atoms with Crippen molar-refractivity contribution in [2.45, 2.75) is 37.5 Å². The minimum atomic E-state index is -0.797. The summed E-state index contributed by atoms with van der Waals surface area (Å²) in [5.41, 5.74) is 0.547. The molecule has 2 rings (SSSR count). The maximum Gasteiger partial charge on any atom is 0.303 e. The number of hydrogen-bond donors (Lipinski definition) is 2. The van der Waals surface area contributed by atoms with E-state index in [9.17, 15) is 9.59 Å². The lowest BCUT2D eigenvalue weighted by Crippen LogP contribution is -2.35. The van der Waals surface area contributed by atoms with Gasteiger partial charge in [-0.2, -0.15) is 0 Å². The van der Waals surface area contributed by atoms with Gasteiger partial charge < -0.3 is 10.4 Å². The minimum absolute atomic E-state index is 0.0232. The Kier molecular flexibility index (Phi) is 4.65. The average Bonchev–Trinajstić information content (AvgIpc) is 3.19. The minimum Gasteiger partial charge on any atom is -0.481 e. The Hall–Kier alpha value is -1.55. The van der Waals surface area contributed by atoms with Crippen molar-refractivity contribution in [2.75, 3.05) is 6.54 Å². The Balaban J connectivity index is 1.85. The molecule has 0 radical (unpaired) electrons. The molecule has 0 unspecified atom stereocenters. The summed E-state index contributed by atoms with van der Waals surface area (Å²) in [4.78, 5) is 22.6. The molecule has 0 heterocycles. The van der Waals surface area contributed by atoms with Gasteiger partial charge in [0.25, 0.3) is 0 Å². The van der Waals surface area contributed by atoms with Crippen molar-refractivity contribution in [3.05, 3.63) is 34.9 Å². The normalized spacial score (nSPS) is 15.7. The molecule has 1 aliphatic rings. The zero-order valence-corrected chi connectivity index (χ0v) is 11.9. The molecule has 0 aliphatic heterocycles. The monoisotopic (exact) mass is 295 g/mol. The summed E-state index contributed by atoms with van der Waals surface area (Å²) in [7, 11) is 0. The van der Waals surface area contributed by atoms with Crippen LogP contribution >= 0.6 is 11.6 Å². The Bertz CT molecular complexity index is 512. The fraction of sp³-hybridized carbons (Fsp3) is 0.467. The first kappa shape index (κ1) is 14.9. The van der Waals surface area contributed by atoms with Gasteiger partial charge in [-0.05, 0) is 43.4 Å². The number of halogens is 1. The SMILES string of the molecule is O=C(O)CCCCNC(=O)C1(c2cccc(Cl)c2)CC1. The third kappa shape index (κ3) is 3.51. The van der Waals surface area contributed by atoms with Crippen molar-refractivity contribution in [1.82, 2.24) is 5.32 Å². The Morgan fingerprint density at radius 1 is 1.30 bits per heavy atom. The van der Waals surface area contributed by atoms with E-state index in [4.69, 9.17) is 16.7 Å². The highest BCUT2D eigenvalue weighted by Crippen LogP contribution is 2.48. The molecule has 1 fully saturated rings. The average molecular weight is 296 g/mol. The van der Waals surface area contributed by atoms with E-state index in [1.807, 2.05) is 18.2 Å². The second kappa shape index (κ2) is 6.27. The predicted octanol–water partition coefficient (Wildman–Crippen LogP) is 2.74. The summed E-state index contributed by atoms with van der Waals surface area (Å²) >= 11 is 5.97. The van der Waals surface area contributed by atoms with E-state index < -0.39 is 11.4 Å². The van der Waals surface area contributed by atoms with Crippen LogP contribution in [0.15, 0.2) is 24.3 Å². The zero-order chi connectivity index (χ0) is 14.6. The molecule has 1 aromatic rings. The van der Waals surface area contributed by atoms with Gasteiger partial charge in [-0.1, -0.05) is 23.7 Å². The van der Waals surface area contributed by atoms with Crippen molar-refractivity contribution in [2.24, 2.45) is 0 Å². The Labute approximate surface area is 123 Å². The molecule has 0 spiro atoms. The summed E-state index contributed by atoms with van der Waals surface area (Å²) in [5, 5.41) is 12.1. The number of amides is 1. The molecule has 1 saturated carbocycles. The first-order valence-electron chi connectivity index (χ1n) is 6.81. The lowest BCUT2D eigenvalue weighted by atomic mass is 9.95. The third-order valence-corrected chi connectivity index (χ3v) is 3.90. The fourth-order valence-electron chi connectivity index (χ4n) is 2.33. The summed E-state index contributed by atoms with van der Waals surface area (Å²) in [6.07, 6.45) is 3.10. The molecule has 20 heavy (non-hydrogen) atoms. The predicted molar refractivity (Wildman–Crippen MR) is 76.9 cm³/mol. The smallest absolute Gasteiger partial charge is 0.303 e. The standard InChI is InChI=1S/C15H18ClNO3/c16-12-5-3-4-11(10-12)15(7-8-15)14(20)17-9-2-1-6-13(18)19/h3-5,10H,1-2,6-9H2,(H,17,20)(H,18,19). The molecule has 1 aromatic carbocycles.